The van der Waals surface area contributed by atoms with E-state index in [-0.39, 0.29) is 10.8 Å². The molecule has 5 nitrogen and oxygen atoms in total. The quantitative estimate of drug-likeness (QED) is 0.909. The summed E-state index contributed by atoms with van der Waals surface area (Å²) >= 11 is 0. The number of hydrogen-bond acceptors (Lipinski definition) is 4. The lowest BCUT2D eigenvalue weighted by Gasteiger charge is -2.35. The van der Waals surface area contributed by atoms with Crippen LogP contribution in [0.5, 0.6) is 5.75 Å². The predicted octanol–water partition coefficient (Wildman–Crippen LogP) is 1.30. The van der Waals surface area contributed by atoms with Crippen molar-refractivity contribution in [1.82, 2.24) is 4.31 Å². The number of rotatable bonds is 4. The SMILES string of the molecule is COc1cccc(S(=O)(=O)N2CCC(C)C(CN)C2)c1. The highest BCUT2D eigenvalue weighted by atomic mass is 32.2. The van der Waals surface area contributed by atoms with E-state index < -0.39 is 10.0 Å². The zero-order valence-corrected chi connectivity index (χ0v) is 12.8. The topological polar surface area (TPSA) is 72.6 Å². The van der Waals surface area contributed by atoms with E-state index in [2.05, 4.69) is 6.92 Å². The Bertz CT molecular complexity index is 559. The minimum Gasteiger partial charge on any atom is -0.497 e. The van der Waals surface area contributed by atoms with Gasteiger partial charge in [-0.15, -0.1) is 0 Å². The summed E-state index contributed by atoms with van der Waals surface area (Å²) in [5, 5.41) is 0. The van der Waals surface area contributed by atoms with Crippen molar-refractivity contribution in [2.24, 2.45) is 17.6 Å². The number of benzene rings is 1. The molecule has 1 saturated heterocycles. The lowest BCUT2D eigenvalue weighted by Crippen LogP contribution is -2.45. The molecule has 1 aromatic carbocycles. The lowest BCUT2D eigenvalue weighted by atomic mass is 9.88. The van der Waals surface area contributed by atoms with Gasteiger partial charge in [-0.25, -0.2) is 8.42 Å². The molecule has 1 aliphatic rings. The number of nitrogens with two attached hydrogens (primary N) is 1. The van der Waals surface area contributed by atoms with E-state index in [1.165, 1.54) is 7.11 Å². The molecule has 0 spiro atoms. The summed E-state index contributed by atoms with van der Waals surface area (Å²) in [6.45, 7) is 3.70. The highest BCUT2D eigenvalue weighted by Gasteiger charge is 2.33. The molecule has 2 N–H and O–H groups in total. The van der Waals surface area contributed by atoms with Crippen molar-refractivity contribution < 1.29 is 13.2 Å². The summed E-state index contributed by atoms with van der Waals surface area (Å²) in [5.74, 6) is 1.24. The van der Waals surface area contributed by atoms with Crippen LogP contribution in [0.25, 0.3) is 0 Å². The van der Waals surface area contributed by atoms with Crippen LogP contribution in [0.1, 0.15) is 13.3 Å². The van der Waals surface area contributed by atoms with E-state index in [9.17, 15) is 8.42 Å². The molecule has 1 aromatic rings. The summed E-state index contributed by atoms with van der Waals surface area (Å²) < 4.78 is 31.9. The minimum atomic E-state index is -3.46. The first-order valence-corrected chi connectivity index (χ1v) is 8.27. The van der Waals surface area contributed by atoms with Crippen LogP contribution >= 0.6 is 0 Å². The molecule has 2 unspecified atom stereocenters. The van der Waals surface area contributed by atoms with Crippen LogP contribution in [-0.4, -0.2) is 39.5 Å². The third-order valence-corrected chi connectivity index (χ3v) is 5.92. The molecule has 2 atom stereocenters. The van der Waals surface area contributed by atoms with Crippen LogP contribution < -0.4 is 10.5 Å². The third-order valence-electron chi connectivity index (χ3n) is 4.06. The molecule has 0 saturated carbocycles. The number of sulfonamides is 1. The second-order valence-corrected chi connectivity index (χ2v) is 7.24. The molecular formula is C14H22N2O3S. The van der Waals surface area contributed by atoms with E-state index in [1.54, 1.807) is 28.6 Å². The molecule has 1 aliphatic heterocycles. The molecule has 1 heterocycles. The van der Waals surface area contributed by atoms with Crippen molar-refractivity contribution in [1.29, 1.82) is 0 Å². The Kier molecular flexibility index (Phi) is 4.67. The molecule has 112 valence electrons. The van der Waals surface area contributed by atoms with E-state index >= 15 is 0 Å². The molecule has 0 amide bonds. The first-order chi connectivity index (χ1) is 9.48. The number of ether oxygens (including phenoxy) is 1. The molecule has 2 rings (SSSR count). The highest BCUT2D eigenvalue weighted by Crippen LogP contribution is 2.28. The average Bonchev–Trinajstić information content (AvgIpc) is 2.47. The largest absolute Gasteiger partial charge is 0.497 e. The van der Waals surface area contributed by atoms with Crippen LogP contribution in [0.2, 0.25) is 0 Å². The van der Waals surface area contributed by atoms with Gasteiger partial charge in [0.2, 0.25) is 10.0 Å². The summed E-state index contributed by atoms with van der Waals surface area (Å²) in [7, 11) is -1.94. The van der Waals surface area contributed by atoms with E-state index in [0.29, 0.717) is 31.3 Å². The smallest absolute Gasteiger partial charge is 0.243 e. The minimum absolute atomic E-state index is 0.226. The van der Waals surface area contributed by atoms with Crippen molar-refractivity contribution in [3.05, 3.63) is 24.3 Å². The average molecular weight is 298 g/mol. The summed E-state index contributed by atoms with van der Waals surface area (Å²) in [5.41, 5.74) is 5.74. The second kappa shape index (κ2) is 6.11. The lowest BCUT2D eigenvalue weighted by molar-refractivity contribution is 0.203. The first-order valence-electron chi connectivity index (χ1n) is 6.83. The molecule has 6 heteroatoms. The Balaban J connectivity index is 2.25. The van der Waals surface area contributed by atoms with Crippen LogP contribution in [0.15, 0.2) is 29.2 Å². The van der Waals surface area contributed by atoms with Crippen molar-refractivity contribution in [3.63, 3.8) is 0 Å². The van der Waals surface area contributed by atoms with Crippen LogP contribution in [-0.2, 0) is 10.0 Å². The van der Waals surface area contributed by atoms with E-state index in [4.69, 9.17) is 10.5 Å². The molecule has 20 heavy (non-hydrogen) atoms. The Morgan fingerprint density at radius 2 is 2.20 bits per heavy atom. The molecule has 0 bridgehead atoms. The summed E-state index contributed by atoms with van der Waals surface area (Å²) in [6.07, 6.45) is 0.852. The van der Waals surface area contributed by atoms with Crippen LogP contribution in [0.4, 0.5) is 0 Å². The van der Waals surface area contributed by atoms with Crippen molar-refractivity contribution in [2.75, 3.05) is 26.7 Å². The van der Waals surface area contributed by atoms with Gasteiger partial charge in [0, 0.05) is 19.2 Å². The maximum absolute atomic E-state index is 12.7. The number of methoxy groups -OCH3 is 1. The zero-order chi connectivity index (χ0) is 14.8. The van der Waals surface area contributed by atoms with Gasteiger partial charge in [-0.1, -0.05) is 13.0 Å². The summed E-state index contributed by atoms with van der Waals surface area (Å²) in [4.78, 5) is 0.280. The van der Waals surface area contributed by atoms with Gasteiger partial charge in [0.25, 0.3) is 0 Å². The van der Waals surface area contributed by atoms with Gasteiger partial charge in [0.05, 0.1) is 12.0 Å². The standard InChI is InChI=1S/C14H22N2O3S/c1-11-6-7-16(10-12(11)9-15)20(17,18)14-5-3-4-13(8-14)19-2/h3-5,8,11-12H,6-7,9-10,15H2,1-2H3. The van der Waals surface area contributed by atoms with Gasteiger partial charge < -0.3 is 10.5 Å². The Morgan fingerprint density at radius 3 is 2.85 bits per heavy atom. The monoisotopic (exact) mass is 298 g/mol. The van der Waals surface area contributed by atoms with E-state index in [0.717, 1.165) is 6.42 Å². The fraction of sp³-hybridized carbons (Fsp3) is 0.571. The van der Waals surface area contributed by atoms with Crippen molar-refractivity contribution >= 4 is 10.0 Å². The molecule has 1 fully saturated rings. The Morgan fingerprint density at radius 1 is 1.45 bits per heavy atom. The van der Waals surface area contributed by atoms with Gasteiger partial charge in [0.15, 0.2) is 0 Å². The van der Waals surface area contributed by atoms with Gasteiger partial charge in [-0.05, 0) is 36.9 Å². The maximum atomic E-state index is 12.7. The fourth-order valence-electron chi connectivity index (χ4n) is 2.55. The fourth-order valence-corrected chi connectivity index (χ4v) is 4.10. The van der Waals surface area contributed by atoms with Crippen LogP contribution in [0, 0.1) is 11.8 Å². The predicted molar refractivity (Wildman–Crippen MR) is 78.1 cm³/mol. The molecule has 0 radical (unpaired) electrons. The Labute approximate surface area is 120 Å². The second-order valence-electron chi connectivity index (χ2n) is 5.30. The van der Waals surface area contributed by atoms with Gasteiger partial charge in [-0.3, -0.25) is 0 Å². The number of hydrogen-bond donors (Lipinski definition) is 1. The molecule has 0 aliphatic carbocycles. The van der Waals surface area contributed by atoms with Gasteiger partial charge >= 0.3 is 0 Å². The number of piperidine rings is 1. The van der Waals surface area contributed by atoms with Crippen molar-refractivity contribution in [3.8, 4) is 5.75 Å². The molecule has 0 aromatic heterocycles. The normalized spacial score (nSPS) is 24.6. The van der Waals surface area contributed by atoms with Gasteiger partial charge in [-0.2, -0.15) is 4.31 Å². The third kappa shape index (κ3) is 2.97. The number of nitrogens with zero attached hydrogens (tertiary/aromatic N) is 1. The zero-order valence-electron chi connectivity index (χ0n) is 12.0. The summed E-state index contributed by atoms with van der Waals surface area (Å²) in [6, 6.07) is 6.59. The molecular weight excluding hydrogens is 276 g/mol. The van der Waals surface area contributed by atoms with Gasteiger partial charge in [0.1, 0.15) is 5.75 Å². The highest BCUT2D eigenvalue weighted by molar-refractivity contribution is 7.89. The van der Waals surface area contributed by atoms with Crippen LogP contribution in [0.3, 0.4) is 0 Å². The Hall–Kier alpha value is -1.11. The first kappa shape index (κ1) is 15.3. The maximum Gasteiger partial charge on any atom is 0.243 e. The van der Waals surface area contributed by atoms with E-state index in [1.807, 2.05) is 0 Å². The van der Waals surface area contributed by atoms with Crippen molar-refractivity contribution in [2.45, 2.75) is 18.2 Å².